The fourth-order valence-electron chi connectivity index (χ4n) is 8.00. The number of likely N-dealkylation sites (tertiary alicyclic amines) is 1. The maximum Gasteiger partial charge on any atom is 0.219 e. The van der Waals surface area contributed by atoms with E-state index in [2.05, 4.69) is 48.1 Å². The van der Waals surface area contributed by atoms with Gasteiger partial charge in [0.25, 0.3) is 0 Å². The summed E-state index contributed by atoms with van der Waals surface area (Å²) in [6.07, 6.45) is 15.2. The van der Waals surface area contributed by atoms with E-state index in [1.165, 1.54) is 50.5 Å². The quantitative estimate of drug-likeness (QED) is 0.662. The molecule has 4 aliphatic rings. The molecule has 2 saturated carbocycles. The number of fused-ring (bicyclic) bond motifs is 5. The van der Waals surface area contributed by atoms with Gasteiger partial charge >= 0.3 is 0 Å². The monoisotopic (exact) mass is 378 g/mol. The van der Waals surface area contributed by atoms with Crippen molar-refractivity contribution in [2.75, 3.05) is 6.54 Å². The molecule has 0 spiro atoms. The van der Waals surface area contributed by atoms with Crippen LogP contribution in [-0.4, -0.2) is 28.4 Å². The summed E-state index contributed by atoms with van der Waals surface area (Å²) in [5.41, 5.74) is 3.48. The summed E-state index contributed by atoms with van der Waals surface area (Å²) in [6, 6.07) is 4.78. The molecule has 0 radical (unpaired) electrons. The summed E-state index contributed by atoms with van der Waals surface area (Å²) < 4.78 is 0. The third-order valence-corrected chi connectivity index (χ3v) is 9.27. The van der Waals surface area contributed by atoms with Crippen molar-refractivity contribution in [3.8, 4) is 0 Å². The van der Waals surface area contributed by atoms with E-state index >= 15 is 0 Å². The number of nitrogens with zero attached hydrogens (tertiary/aromatic N) is 2. The number of hydrogen-bond acceptors (Lipinski definition) is 2. The molecule has 3 heteroatoms. The van der Waals surface area contributed by atoms with E-state index in [1.807, 2.05) is 6.20 Å². The summed E-state index contributed by atoms with van der Waals surface area (Å²) in [5.74, 6) is 2.62. The second-order valence-corrected chi connectivity index (χ2v) is 10.3. The molecule has 0 N–H and O–H groups in total. The van der Waals surface area contributed by atoms with Gasteiger partial charge in [-0.15, -0.1) is 0 Å². The average molecular weight is 379 g/mol. The smallest absolute Gasteiger partial charge is 0.219 e. The predicted octanol–water partition coefficient (Wildman–Crippen LogP) is 5.33. The van der Waals surface area contributed by atoms with Gasteiger partial charge in [0.1, 0.15) is 0 Å². The molecular formula is C25H34N2O. The molecule has 1 aromatic rings. The van der Waals surface area contributed by atoms with Crippen LogP contribution in [0.1, 0.15) is 71.3 Å². The molecule has 3 nitrogen and oxygen atoms in total. The van der Waals surface area contributed by atoms with Gasteiger partial charge in [0.05, 0.1) is 0 Å². The van der Waals surface area contributed by atoms with E-state index in [4.69, 9.17) is 0 Å². The zero-order valence-electron chi connectivity index (χ0n) is 17.7. The molecule has 28 heavy (non-hydrogen) atoms. The standard InChI is InChI=1S/C25H34N2O/c1-17(28)27-15-5-12-25(3)22-11-13-24(2)20(18-6-4-14-26-16-18)8-9-21(24)19(22)7-10-23(25)27/h4,6,8,14,16,19,21-23H,5,7,9-13,15H2,1-3H3/t19-,21-,22-,23-,24+,25+/m0/s1. The van der Waals surface area contributed by atoms with Crippen molar-refractivity contribution in [3.63, 3.8) is 0 Å². The second kappa shape index (κ2) is 6.43. The lowest BCUT2D eigenvalue weighted by atomic mass is 9.46. The van der Waals surface area contributed by atoms with E-state index in [-0.39, 0.29) is 5.91 Å². The fraction of sp³-hybridized carbons (Fsp3) is 0.680. The van der Waals surface area contributed by atoms with Gasteiger partial charge in [-0.25, -0.2) is 0 Å². The molecule has 0 bridgehead atoms. The zero-order chi connectivity index (χ0) is 19.5. The van der Waals surface area contributed by atoms with Crippen LogP contribution in [0.2, 0.25) is 0 Å². The highest BCUT2D eigenvalue weighted by molar-refractivity contribution is 5.74. The number of rotatable bonds is 1. The molecule has 3 fully saturated rings. The molecule has 150 valence electrons. The number of carbonyl (C=O) groups excluding carboxylic acids is 1. The van der Waals surface area contributed by atoms with Crippen LogP contribution in [0.4, 0.5) is 0 Å². The number of aromatic nitrogens is 1. The van der Waals surface area contributed by atoms with Gasteiger partial charge in [0.2, 0.25) is 5.91 Å². The molecule has 1 aliphatic heterocycles. The van der Waals surface area contributed by atoms with Crippen molar-refractivity contribution < 1.29 is 4.79 Å². The number of allylic oxidation sites excluding steroid dienone is 2. The SMILES string of the molecule is CC(=O)N1CCC[C@@]2(C)[C@@H]1CC[C@@H]1[C@@H]2CC[C@]2(C)C(c3cccnc3)=CC[C@@H]12. The summed E-state index contributed by atoms with van der Waals surface area (Å²) in [4.78, 5) is 18.9. The van der Waals surface area contributed by atoms with Crippen LogP contribution in [0.15, 0.2) is 30.6 Å². The van der Waals surface area contributed by atoms with E-state index < -0.39 is 0 Å². The van der Waals surface area contributed by atoms with Crippen LogP contribution >= 0.6 is 0 Å². The molecule has 5 rings (SSSR count). The Morgan fingerprint density at radius 3 is 2.79 bits per heavy atom. The predicted molar refractivity (Wildman–Crippen MR) is 112 cm³/mol. The molecule has 1 amide bonds. The van der Waals surface area contributed by atoms with Crippen LogP contribution in [-0.2, 0) is 4.79 Å². The first kappa shape index (κ1) is 18.4. The molecule has 1 aromatic heterocycles. The topological polar surface area (TPSA) is 33.2 Å². The van der Waals surface area contributed by atoms with Crippen molar-refractivity contribution in [2.24, 2.45) is 28.6 Å². The molecule has 6 atom stereocenters. The van der Waals surface area contributed by atoms with Crippen LogP contribution in [0.25, 0.3) is 5.57 Å². The number of hydrogen-bond donors (Lipinski definition) is 0. The fourth-order valence-corrected chi connectivity index (χ4v) is 8.00. The Balaban J connectivity index is 1.45. The summed E-state index contributed by atoms with van der Waals surface area (Å²) in [7, 11) is 0. The molecule has 0 unspecified atom stereocenters. The Morgan fingerprint density at radius 2 is 2.04 bits per heavy atom. The number of carbonyl (C=O) groups is 1. The highest BCUT2D eigenvalue weighted by Crippen LogP contribution is 2.66. The third kappa shape index (κ3) is 2.47. The Labute approximate surface area is 169 Å². The summed E-state index contributed by atoms with van der Waals surface area (Å²) in [6.45, 7) is 7.80. The zero-order valence-corrected chi connectivity index (χ0v) is 17.7. The lowest BCUT2D eigenvalue weighted by molar-refractivity contribution is -0.151. The van der Waals surface area contributed by atoms with Gasteiger partial charge in [-0.2, -0.15) is 0 Å². The molecule has 0 aromatic carbocycles. The minimum absolute atomic E-state index is 0.288. The molecule has 1 saturated heterocycles. The van der Waals surface area contributed by atoms with Gasteiger partial charge in [-0.1, -0.05) is 26.0 Å². The van der Waals surface area contributed by atoms with Crippen molar-refractivity contribution >= 4 is 11.5 Å². The van der Waals surface area contributed by atoms with Crippen LogP contribution < -0.4 is 0 Å². The van der Waals surface area contributed by atoms with Crippen molar-refractivity contribution in [3.05, 3.63) is 36.2 Å². The molecular weight excluding hydrogens is 344 g/mol. The number of piperidine rings is 1. The highest BCUT2D eigenvalue weighted by Gasteiger charge is 2.59. The largest absolute Gasteiger partial charge is 0.339 e. The maximum absolute atomic E-state index is 12.3. The van der Waals surface area contributed by atoms with Crippen LogP contribution in [0, 0.1) is 28.6 Å². The van der Waals surface area contributed by atoms with E-state index in [1.54, 1.807) is 12.5 Å². The van der Waals surface area contributed by atoms with E-state index in [9.17, 15) is 4.79 Å². The third-order valence-electron chi connectivity index (χ3n) is 9.27. The van der Waals surface area contributed by atoms with E-state index in [0.29, 0.717) is 16.9 Å². The van der Waals surface area contributed by atoms with Crippen LogP contribution in [0.5, 0.6) is 0 Å². The van der Waals surface area contributed by atoms with Crippen LogP contribution in [0.3, 0.4) is 0 Å². The summed E-state index contributed by atoms with van der Waals surface area (Å²) in [5, 5.41) is 0. The lowest BCUT2D eigenvalue weighted by Gasteiger charge is -2.62. The lowest BCUT2D eigenvalue weighted by Crippen LogP contribution is -2.61. The molecule has 3 aliphatic carbocycles. The Hall–Kier alpha value is -1.64. The van der Waals surface area contributed by atoms with Crippen molar-refractivity contribution in [2.45, 2.75) is 71.8 Å². The second-order valence-electron chi connectivity index (χ2n) is 10.3. The number of pyridine rings is 1. The maximum atomic E-state index is 12.3. The normalized spacial score (nSPS) is 42.2. The Kier molecular flexibility index (Phi) is 4.23. The van der Waals surface area contributed by atoms with Gasteiger partial charge in [0.15, 0.2) is 0 Å². The van der Waals surface area contributed by atoms with Gasteiger partial charge in [-0.05, 0) is 90.7 Å². The van der Waals surface area contributed by atoms with E-state index in [0.717, 1.165) is 24.3 Å². The average Bonchev–Trinajstić information content (AvgIpc) is 3.04. The Bertz CT molecular complexity index is 802. The van der Waals surface area contributed by atoms with Crippen molar-refractivity contribution in [1.82, 2.24) is 9.88 Å². The highest BCUT2D eigenvalue weighted by atomic mass is 16.2. The first-order chi connectivity index (χ1) is 13.4. The van der Waals surface area contributed by atoms with Gasteiger partial charge < -0.3 is 4.90 Å². The minimum atomic E-state index is 0.288. The Morgan fingerprint density at radius 1 is 1.18 bits per heavy atom. The summed E-state index contributed by atoms with van der Waals surface area (Å²) >= 11 is 0. The number of amides is 1. The first-order valence-electron chi connectivity index (χ1n) is 11.3. The minimum Gasteiger partial charge on any atom is -0.339 e. The van der Waals surface area contributed by atoms with Crippen molar-refractivity contribution in [1.29, 1.82) is 0 Å². The first-order valence-corrected chi connectivity index (χ1v) is 11.3. The van der Waals surface area contributed by atoms with Gasteiger partial charge in [-0.3, -0.25) is 9.78 Å². The molecule has 2 heterocycles. The van der Waals surface area contributed by atoms with Gasteiger partial charge in [0, 0.05) is 31.9 Å².